The highest BCUT2D eigenvalue weighted by Gasteiger charge is 1.58. The van der Waals surface area contributed by atoms with Crippen LogP contribution in [-0.4, -0.2) is 58.9 Å². The topological polar surface area (TPSA) is 23.6 Å². The molecular formula is C9H28N2O. The molecule has 0 aliphatic heterocycles. The molecule has 3 nitrogen and oxygen atoms in total. The van der Waals surface area contributed by atoms with Gasteiger partial charge in [0.2, 0.25) is 0 Å². The van der Waals surface area contributed by atoms with Crippen LogP contribution in [0.15, 0.2) is 0 Å². The Morgan fingerprint density at radius 3 is 0.667 bits per heavy atom. The monoisotopic (exact) mass is 180 g/mol. The average molecular weight is 180 g/mol. The largest absolute Gasteiger partial charge is 0.312 e. The Morgan fingerprint density at radius 1 is 0.667 bits per heavy atom. The molecule has 0 N–H and O–H groups in total. The van der Waals surface area contributed by atoms with E-state index in [1.54, 1.807) is 0 Å². The fourth-order valence-corrected chi connectivity index (χ4v) is 0. The van der Waals surface area contributed by atoms with E-state index in [1.165, 1.54) is 0 Å². The zero-order valence-electron chi connectivity index (χ0n) is 8.01. The maximum Gasteiger partial charge on any atom is 0.106 e. The maximum absolute atomic E-state index is 8.00. The molecule has 0 saturated heterocycles. The van der Waals surface area contributed by atoms with E-state index in [1.807, 2.05) is 58.9 Å². The molecular weight excluding hydrogens is 152 g/mol. The fourth-order valence-electron chi connectivity index (χ4n) is 0. The molecule has 0 heterocycles. The highest BCUT2D eigenvalue weighted by atomic mass is 16.1. The van der Waals surface area contributed by atoms with Gasteiger partial charge in [0, 0.05) is 0 Å². The van der Waals surface area contributed by atoms with Crippen LogP contribution < -0.4 is 0 Å². The molecule has 3 heteroatoms. The first kappa shape index (κ1) is 29.9. The van der Waals surface area contributed by atoms with E-state index < -0.39 is 0 Å². The molecule has 80 valence electrons. The molecule has 0 bridgehead atoms. The van der Waals surface area contributed by atoms with Crippen molar-refractivity contribution in [1.29, 1.82) is 0 Å². The van der Waals surface area contributed by atoms with Crippen molar-refractivity contribution in [3.05, 3.63) is 0 Å². The molecule has 0 amide bonds. The molecule has 0 spiro atoms. The third kappa shape index (κ3) is 4210. The zero-order valence-corrected chi connectivity index (χ0v) is 8.01. The Kier molecular flexibility index (Phi) is 77.7. The van der Waals surface area contributed by atoms with E-state index in [-0.39, 0.29) is 14.9 Å². The van der Waals surface area contributed by atoms with Crippen molar-refractivity contribution < 1.29 is 4.79 Å². The summed E-state index contributed by atoms with van der Waals surface area (Å²) in [5.41, 5.74) is 0. The molecule has 0 unspecified atom stereocenters. The number of rotatable bonds is 0. The van der Waals surface area contributed by atoms with Crippen molar-refractivity contribution >= 4 is 6.79 Å². The summed E-state index contributed by atoms with van der Waals surface area (Å²) in [6, 6.07) is 0. The first-order valence-electron chi connectivity index (χ1n) is 2.97. The molecule has 0 aromatic carbocycles. The normalized spacial score (nSPS) is 6.33. The molecule has 0 aromatic rings. The van der Waals surface area contributed by atoms with E-state index in [2.05, 4.69) is 0 Å². The van der Waals surface area contributed by atoms with Gasteiger partial charge in [0.15, 0.2) is 0 Å². The number of carbonyl (C=O) groups excluding carboxylic acids is 1. The predicted molar refractivity (Wildman–Crippen MR) is 59.8 cm³/mol. The van der Waals surface area contributed by atoms with Crippen LogP contribution in [0.25, 0.3) is 0 Å². The second kappa shape index (κ2) is 31.2. The Balaban J connectivity index is -0.0000000198. The van der Waals surface area contributed by atoms with Gasteiger partial charge in [-0.25, -0.2) is 0 Å². The van der Waals surface area contributed by atoms with Gasteiger partial charge >= 0.3 is 0 Å². The van der Waals surface area contributed by atoms with Crippen LogP contribution >= 0.6 is 0 Å². The van der Waals surface area contributed by atoms with Crippen molar-refractivity contribution in [2.75, 3.05) is 42.3 Å². The lowest BCUT2D eigenvalue weighted by Crippen LogP contribution is -1.99. The minimum Gasteiger partial charge on any atom is -0.312 e. The summed E-state index contributed by atoms with van der Waals surface area (Å²) in [4.78, 5) is 12.0. The molecule has 0 radical (unpaired) electrons. The van der Waals surface area contributed by atoms with E-state index in [0.717, 1.165) is 0 Å². The molecule has 0 rings (SSSR count). The van der Waals surface area contributed by atoms with E-state index in [9.17, 15) is 0 Å². The van der Waals surface area contributed by atoms with Crippen LogP contribution in [-0.2, 0) is 4.79 Å². The minimum atomic E-state index is 0. The number of hydrogen-bond donors (Lipinski definition) is 0. The van der Waals surface area contributed by atoms with E-state index >= 15 is 0 Å². The number of nitrogens with zero attached hydrogens (tertiary/aromatic N) is 2. The van der Waals surface area contributed by atoms with Gasteiger partial charge in [0.05, 0.1) is 0 Å². The fraction of sp³-hybridized carbons (Fsp3) is 0.889. The van der Waals surface area contributed by atoms with Gasteiger partial charge in [0.1, 0.15) is 6.79 Å². The van der Waals surface area contributed by atoms with Crippen molar-refractivity contribution in [3.8, 4) is 0 Å². The van der Waals surface area contributed by atoms with E-state index in [0.29, 0.717) is 0 Å². The molecule has 0 saturated carbocycles. The summed E-state index contributed by atoms with van der Waals surface area (Å²) in [5.74, 6) is 0. The van der Waals surface area contributed by atoms with Gasteiger partial charge in [-0.15, -0.1) is 0 Å². The van der Waals surface area contributed by atoms with Gasteiger partial charge < -0.3 is 14.6 Å². The Bertz CT molecular complexity index is 36.3. The molecule has 0 aliphatic rings. The van der Waals surface area contributed by atoms with Crippen molar-refractivity contribution in [2.45, 2.75) is 14.9 Å². The summed E-state index contributed by atoms with van der Waals surface area (Å²) in [6.07, 6.45) is 0. The lowest BCUT2D eigenvalue weighted by atomic mass is 11.0. The van der Waals surface area contributed by atoms with Crippen LogP contribution in [0.1, 0.15) is 14.9 Å². The van der Waals surface area contributed by atoms with Gasteiger partial charge in [-0.3, -0.25) is 0 Å². The first-order valence-corrected chi connectivity index (χ1v) is 2.97. The molecule has 0 atom stereocenters. The van der Waals surface area contributed by atoms with Crippen LogP contribution in [0.4, 0.5) is 0 Å². The Labute approximate surface area is 79.4 Å². The minimum absolute atomic E-state index is 0. The van der Waals surface area contributed by atoms with Crippen LogP contribution in [0.5, 0.6) is 0 Å². The third-order valence-electron chi connectivity index (χ3n) is 0. The summed E-state index contributed by atoms with van der Waals surface area (Å²) < 4.78 is 0. The second-order valence-corrected chi connectivity index (χ2v) is 2.68. The van der Waals surface area contributed by atoms with Crippen LogP contribution in [0.2, 0.25) is 0 Å². The summed E-state index contributed by atoms with van der Waals surface area (Å²) in [7, 11) is 12.0. The van der Waals surface area contributed by atoms with E-state index in [4.69, 9.17) is 4.79 Å². The van der Waals surface area contributed by atoms with Crippen molar-refractivity contribution in [2.24, 2.45) is 0 Å². The number of hydrogen-bond acceptors (Lipinski definition) is 3. The summed E-state index contributed by atoms with van der Waals surface area (Å²) in [5, 5.41) is 0. The van der Waals surface area contributed by atoms with Crippen LogP contribution in [0, 0.1) is 0 Å². The smallest absolute Gasteiger partial charge is 0.106 e. The Hall–Kier alpha value is -0.410. The summed E-state index contributed by atoms with van der Waals surface area (Å²) >= 11 is 0. The lowest BCUT2D eigenvalue weighted by Gasteiger charge is -1.90. The highest BCUT2D eigenvalue weighted by Crippen LogP contribution is 1.48. The first-order chi connectivity index (χ1) is 4.46. The molecule has 0 aromatic heterocycles. The molecule has 0 fully saturated rings. The van der Waals surface area contributed by atoms with Gasteiger partial charge in [-0.05, 0) is 42.3 Å². The average Bonchev–Trinajstić information content (AvgIpc) is 1.66. The Morgan fingerprint density at radius 2 is 0.667 bits per heavy atom. The highest BCUT2D eigenvalue weighted by molar-refractivity contribution is 5.10. The van der Waals surface area contributed by atoms with Gasteiger partial charge in [-0.2, -0.15) is 0 Å². The predicted octanol–water partition coefficient (Wildman–Crippen LogP) is 1.44. The maximum atomic E-state index is 8.00. The van der Waals surface area contributed by atoms with Gasteiger partial charge in [0.25, 0.3) is 0 Å². The molecule has 0 aliphatic carbocycles. The van der Waals surface area contributed by atoms with Crippen molar-refractivity contribution in [3.63, 3.8) is 0 Å². The standard InChI is InChI=1S/2C3H9N.CH2O.2CH4/c2*1-4(2)3;1-2;;/h2*1-3H3;1H2;2*1H4. The SMILES string of the molecule is C.C.C=O.CN(C)C.CN(C)C. The second-order valence-electron chi connectivity index (χ2n) is 2.68. The molecule has 12 heavy (non-hydrogen) atoms. The third-order valence-corrected chi connectivity index (χ3v) is 0. The number of carbonyl (C=O) groups is 1. The quantitative estimate of drug-likeness (QED) is 0.563. The van der Waals surface area contributed by atoms with Gasteiger partial charge in [-0.1, -0.05) is 14.9 Å². The zero-order chi connectivity index (χ0) is 9.15. The lowest BCUT2D eigenvalue weighted by molar-refractivity contribution is -0.0979. The summed E-state index contributed by atoms with van der Waals surface area (Å²) in [6.45, 7) is 2.00. The van der Waals surface area contributed by atoms with Crippen molar-refractivity contribution in [1.82, 2.24) is 9.80 Å². The van der Waals surface area contributed by atoms with Crippen LogP contribution in [0.3, 0.4) is 0 Å².